The molecule has 0 saturated carbocycles. The number of hydrogen-bond acceptors (Lipinski definition) is 6. The Labute approximate surface area is 122 Å². The normalized spacial score (nSPS) is 10.8. The van der Waals surface area contributed by atoms with Crippen molar-refractivity contribution < 1.29 is 8.91 Å². The fourth-order valence-electron chi connectivity index (χ4n) is 1.59. The van der Waals surface area contributed by atoms with E-state index in [1.807, 2.05) is 17.5 Å². The Morgan fingerprint density at radius 3 is 3.00 bits per heavy atom. The van der Waals surface area contributed by atoms with E-state index in [9.17, 15) is 4.39 Å². The fraction of sp³-hybridized carbons (Fsp3) is 0.0769. The SMILES string of the molecule is Nc1ccc(SCc2nc(-c3cccs3)no2)c(F)c1. The highest BCUT2D eigenvalue weighted by Gasteiger charge is 2.11. The number of halogens is 1. The van der Waals surface area contributed by atoms with Crippen molar-refractivity contribution in [2.24, 2.45) is 0 Å². The third kappa shape index (κ3) is 2.83. The second-order valence-electron chi connectivity index (χ2n) is 3.97. The van der Waals surface area contributed by atoms with Crippen LogP contribution in [0.2, 0.25) is 0 Å². The molecule has 4 nitrogen and oxygen atoms in total. The molecule has 0 unspecified atom stereocenters. The number of aromatic nitrogens is 2. The summed E-state index contributed by atoms with van der Waals surface area (Å²) in [5, 5.41) is 5.85. The molecule has 0 saturated heterocycles. The molecule has 20 heavy (non-hydrogen) atoms. The molecule has 0 fully saturated rings. The number of benzene rings is 1. The number of nitrogens with zero attached hydrogens (tertiary/aromatic N) is 2. The molecule has 3 rings (SSSR count). The lowest BCUT2D eigenvalue weighted by Gasteiger charge is -2.01. The second kappa shape index (κ2) is 5.64. The summed E-state index contributed by atoms with van der Waals surface area (Å²) in [7, 11) is 0. The van der Waals surface area contributed by atoms with Gasteiger partial charge in [0.15, 0.2) is 0 Å². The van der Waals surface area contributed by atoms with Gasteiger partial charge in [0, 0.05) is 10.6 Å². The number of nitrogen functional groups attached to an aromatic ring is 1. The van der Waals surface area contributed by atoms with Gasteiger partial charge < -0.3 is 10.3 Å². The van der Waals surface area contributed by atoms with Crippen LogP contribution in [0.25, 0.3) is 10.7 Å². The summed E-state index contributed by atoms with van der Waals surface area (Å²) in [5.41, 5.74) is 5.91. The van der Waals surface area contributed by atoms with Crippen LogP contribution in [-0.2, 0) is 5.75 Å². The average molecular weight is 307 g/mol. The summed E-state index contributed by atoms with van der Waals surface area (Å²) in [4.78, 5) is 5.74. The molecule has 0 aliphatic rings. The lowest BCUT2D eigenvalue weighted by Crippen LogP contribution is -1.88. The third-order valence-electron chi connectivity index (χ3n) is 2.52. The largest absolute Gasteiger partial charge is 0.399 e. The van der Waals surface area contributed by atoms with Gasteiger partial charge in [-0.05, 0) is 29.6 Å². The van der Waals surface area contributed by atoms with Crippen molar-refractivity contribution in [3.05, 3.63) is 47.4 Å². The molecule has 0 amide bonds. The Morgan fingerprint density at radius 1 is 1.35 bits per heavy atom. The smallest absolute Gasteiger partial charge is 0.237 e. The predicted octanol–water partition coefficient (Wildman–Crippen LogP) is 3.81. The van der Waals surface area contributed by atoms with Crippen molar-refractivity contribution in [1.82, 2.24) is 10.1 Å². The van der Waals surface area contributed by atoms with Gasteiger partial charge >= 0.3 is 0 Å². The summed E-state index contributed by atoms with van der Waals surface area (Å²) in [6.07, 6.45) is 0. The molecule has 0 radical (unpaired) electrons. The first-order valence-corrected chi connectivity index (χ1v) is 7.63. The predicted molar refractivity (Wildman–Crippen MR) is 78.0 cm³/mol. The average Bonchev–Trinajstić information content (AvgIpc) is 3.08. The minimum atomic E-state index is -0.340. The Balaban J connectivity index is 1.70. The van der Waals surface area contributed by atoms with Crippen LogP contribution in [0.15, 0.2) is 45.1 Å². The van der Waals surface area contributed by atoms with Gasteiger partial charge in [0.1, 0.15) is 5.82 Å². The maximum absolute atomic E-state index is 13.6. The van der Waals surface area contributed by atoms with Gasteiger partial charge in [-0.15, -0.1) is 23.1 Å². The molecular weight excluding hydrogens is 297 g/mol. The highest BCUT2D eigenvalue weighted by Crippen LogP contribution is 2.27. The fourth-order valence-corrected chi connectivity index (χ4v) is 3.00. The number of rotatable bonds is 4. The molecule has 1 aromatic carbocycles. The molecule has 102 valence electrons. The van der Waals surface area contributed by atoms with Crippen molar-refractivity contribution in [2.45, 2.75) is 10.6 Å². The molecule has 0 spiro atoms. The zero-order valence-electron chi connectivity index (χ0n) is 10.2. The van der Waals surface area contributed by atoms with E-state index < -0.39 is 0 Å². The van der Waals surface area contributed by atoms with Crippen LogP contribution in [0, 0.1) is 5.82 Å². The third-order valence-corrected chi connectivity index (χ3v) is 4.42. The van der Waals surface area contributed by atoms with E-state index in [1.165, 1.54) is 17.8 Å². The van der Waals surface area contributed by atoms with E-state index in [0.29, 0.717) is 28.1 Å². The maximum Gasteiger partial charge on any atom is 0.237 e. The van der Waals surface area contributed by atoms with Gasteiger partial charge in [0.05, 0.1) is 10.6 Å². The summed E-state index contributed by atoms with van der Waals surface area (Å²) >= 11 is 2.84. The van der Waals surface area contributed by atoms with Crippen LogP contribution in [0.5, 0.6) is 0 Å². The molecule has 2 N–H and O–H groups in total. The lowest BCUT2D eigenvalue weighted by molar-refractivity contribution is 0.392. The quantitative estimate of drug-likeness (QED) is 0.586. The van der Waals surface area contributed by atoms with Gasteiger partial charge in [-0.2, -0.15) is 4.98 Å². The number of anilines is 1. The number of hydrogen-bond donors (Lipinski definition) is 1. The summed E-state index contributed by atoms with van der Waals surface area (Å²) < 4.78 is 18.8. The van der Waals surface area contributed by atoms with E-state index in [4.69, 9.17) is 10.3 Å². The van der Waals surface area contributed by atoms with Crippen LogP contribution in [0.3, 0.4) is 0 Å². The minimum Gasteiger partial charge on any atom is -0.399 e. The zero-order chi connectivity index (χ0) is 13.9. The number of thioether (sulfide) groups is 1. The molecule has 0 bridgehead atoms. The summed E-state index contributed by atoms with van der Waals surface area (Å²) in [6.45, 7) is 0. The molecule has 7 heteroatoms. The van der Waals surface area contributed by atoms with Crippen molar-refractivity contribution in [1.29, 1.82) is 0 Å². The maximum atomic E-state index is 13.6. The Kier molecular flexibility index (Phi) is 3.70. The molecular formula is C13H10FN3OS2. The zero-order valence-corrected chi connectivity index (χ0v) is 11.9. The number of thiophene rings is 1. The van der Waals surface area contributed by atoms with Crippen LogP contribution in [0.4, 0.5) is 10.1 Å². The highest BCUT2D eigenvalue weighted by molar-refractivity contribution is 7.98. The molecule has 0 aliphatic carbocycles. The highest BCUT2D eigenvalue weighted by atomic mass is 32.2. The van der Waals surface area contributed by atoms with E-state index in [2.05, 4.69) is 10.1 Å². The van der Waals surface area contributed by atoms with E-state index in [0.717, 1.165) is 4.88 Å². The Hall–Kier alpha value is -1.86. The first kappa shape index (κ1) is 13.1. The Morgan fingerprint density at radius 2 is 2.25 bits per heavy atom. The number of nitrogens with two attached hydrogens (primary N) is 1. The van der Waals surface area contributed by atoms with Gasteiger partial charge in [-0.3, -0.25) is 0 Å². The summed E-state index contributed by atoms with van der Waals surface area (Å²) in [6, 6.07) is 8.45. The van der Waals surface area contributed by atoms with Gasteiger partial charge in [-0.25, -0.2) is 4.39 Å². The van der Waals surface area contributed by atoms with Gasteiger partial charge in [0.25, 0.3) is 0 Å². The van der Waals surface area contributed by atoms with Crippen LogP contribution in [0.1, 0.15) is 5.89 Å². The molecule has 2 aromatic heterocycles. The standard InChI is InChI=1S/C13H10FN3OS2/c14-9-6-8(15)3-4-10(9)20-7-12-16-13(17-18-12)11-2-1-5-19-11/h1-6H,7,15H2. The van der Waals surface area contributed by atoms with Gasteiger partial charge in [0.2, 0.25) is 11.7 Å². The Bertz CT molecular complexity index is 712. The topological polar surface area (TPSA) is 64.9 Å². The van der Waals surface area contributed by atoms with Crippen molar-refractivity contribution in [3.8, 4) is 10.7 Å². The van der Waals surface area contributed by atoms with Crippen molar-refractivity contribution >= 4 is 28.8 Å². The summed E-state index contributed by atoms with van der Waals surface area (Å²) in [5.74, 6) is 1.11. The van der Waals surface area contributed by atoms with Crippen molar-refractivity contribution in [2.75, 3.05) is 5.73 Å². The molecule has 3 aromatic rings. The van der Waals surface area contributed by atoms with Crippen molar-refractivity contribution in [3.63, 3.8) is 0 Å². The van der Waals surface area contributed by atoms with E-state index >= 15 is 0 Å². The monoisotopic (exact) mass is 307 g/mol. The van der Waals surface area contributed by atoms with Crippen LogP contribution >= 0.6 is 23.1 Å². The first-order valence-electron chi connectivity index (χ1n) is 5.76. The lowest BCUT2D eigenvalue weighted by atomic mass is 10.3. The molecule has 0 aliphatic heterocycles. The molecule has 2 heterocycles. The molecule has 0 atom stereocenters. The minimum absolute atomic E-state index is 0.340. The van der Waals surface area contributed by atoms with Crippen LogP contribution < -0.4 is 5.73 Å². The van der Waals surface area contributed by atoms with E-state index in [-0.39, 0.29) is 5.82 Å². The second-order valence-corrected chi connectivity index (χ2v) is 5.93. The first-order chi connectivity index (χ1) is 9.72. The van der Waals surface area contributed by atoms with Crippen LogP contribution in [-0.4, -0.2) is 10.1 Å². The van der Waals surface area contributed by atoms with E-state index in [1.54, 1.807) is 23.5 Å². The van der Waals surface area contributed by atoms with Gasteiger partial charge in [-0.1, -0.05) is 11.2 Å².